The first kappa shape index (κ1) is 23.4. The summed E-state index contributed by atoms with van der Waals surface area (Å²) in [6.45, 7) is 3.13. The van der Waals surface area contributed by atoms with E-state index in [0.29, 0.717) is 13.2 Å². The van der Waals surface area contributed by atoms with Crippen LogP contribution in [0.3, 0.4) is 0 Å². The van der Waals surface area contributed by atoms with Crippen molar-refractivity contribution in [3.05, 3.63) is 84.9 Å². The normalized spacial score (nSPS) is 10.6. The fourth-order valence-electron chi connectivity index (χ4n) is 3.46. The Morgan fingerprint density at radius 3 is 2.29 bits per heavy atom. The van der Waals surface area contributed by atoms with E-state index >= 15 is 0 Å². The van der Waals surface area contributed by atoms with Gasteiger partial charge in [0.15, 0.2) is 5.16 Å². The Labute approximate surface area is 204 Å². The highest BCUT2D eigenvalue weighted by molar-refractivity contribution is 7.99. The minimum absolute atomic E-state index is 0.218. The molecule has 34 heavy (non-hydrogen) atoms. The molecule has 0 aliphatic carbocycles. The topological polar surface area (TPSA) is 79.0 Å². The van der Waals surface area contributed by atoms with Gasteiger partial charge in [0, 0.05) is 29.1 Å². The molecule has 0 saturated heterocycles. The van der Waals surface area contributed by atoms with Gasteiger partial charge in [-0.2, -0.15) is 0 Å². The molecule has 0 radical (unpaired) electrons. The van der Waals surface area contributed by atoms with Crippen LogP contribution in [-0.4, -0.2) is 34.9 Å². The van der Waals surface area contributed by atoms with Crippen LogP contribution in [0.4, 0.5) is 10.5 Å². The number of amides is 2. The lowest BCUT2D eigenvalue weighted by Crippen LogP contribution is -2.29. The van der Waals surface area contributed by atoms with Crippen molar-refractivity contribution in [3.8, 4) is 28.3 Å². The van der Waals surface area contributed by atoms with Crippen LogP contribution >= 0.6 is 11.8 Å². The van der Waals surface area contributed by atoms with Gasteiger partial charge in [-0.25, -0.2) is 9.78 Å². The van der Waals surface area contributed by atoms with E-state index in [2.05, 4.69) is 39.9 Å². The number of imidazole rings is 1. The number of nitrogens with one attached hydrogen (secondary N) is 3. The molecule has 0 atom stereocenters. The first-order valence-electron chi connectivity index (χ1n) is 11.3. The number of hydrogen-bond acceptors (Lipinski definition) is 4. The Bertz CT molecular complexity index is 1120. The largest absolute Gasteiger partial charge is 0.494 e. The number of urea groups is 1. The van der Waals surface area contributed by atoms with E-state index in [0.717, 1.165) is 51.3 Å². The average molecular weight is 473 g/mol. The summed E-state index contributed by atoms with van der Waals surface area (Å²) in [6, 6.07) is 27.6. The number of hydrogen-bond donors (Lipinski definition) is 3. The molecule has 0 aliphatic rings. The van der Waals surface area contributed by atoms with Gasteiger partial charge in [-0.15, -0.1) is 0 Å². The number of aromatic amines is 1. The number of rotatable bonds is 10. The van der Waals surface area contributed by atoms with Gasteiger partial charge in [-0.05, 0) is 37.6 Å². The van der Waals surface area contributed by atoms with Crippen LogP contribution in [0.25, 0.3) is 22.5 Å². The summed E-state index contributed by atoms with van der Waals surface area (Å²) in [7, 11) is 0. The molecule has 0 aliphatic heterocycles. The summed E-state index contributed by atoms with van der Waals surface area (Å²) in [5.41, 5.74) is 4.88. The van der Waals surface area contributed by atoms with Crippen molar-refractivity contribution in [3.63, 3.8) is 0 Å². The average Bonchev–Trinajstić information content (AvgIpc) is 3.30. The monoisotopic (exact) mass is 472 g/mol. The molecule has 1 heterocycles. The van der Waals surface area contributed by atoms with Crippen molar-refractivity contribution in [2.45, 2.75) is 18.5 Å². The van der Waals surface area contributed by atoms with Crippen LogP contribution in [0.2, 0.25) is 0 Å². The Balaban J connectivity index is 1.28. The zero-order valence-electron chi connectivity index (χ0n) is 19.1. The zero-order valence-corrected chi connectivity index (χ0v) is 19.9. The van der Waals surface area contributed by atoms with Crippen molar-refractivity contribution in [1.29, 1.82) is 0 Å². The summed E-state index contributed by atoms with van der Waals surface area (Å²) in [6.07, 6.45) is 0.823. The zero-order chi connectivity index (χ0) is 23.6. The molecule has 0 spiro atoms. The molecule has 0 unspecified atom stereocenters. The van der Waals surface area contributed by atoms with Gasteiger partial charge < -0.3 is 20.4 Å². The Hall–Kier alpha value is -3.71. The number of thioether (sulfide) groups is 1. The van der Waals surface area contributed by atoms with Crippen molar-refractivity contribution < 1.29 is 9.53 Å². The minimum atomic E-state index is -0.218. The van der Waals surface area contributed by atoms with Crippen LogP contribution in [0.5, 0.6) is 5.75 Å². The van der Waals surface area contributed by atoms with Crippen molar-refractivity contribution in [1.82, 2.24) is 15.3 Å². The molecule has 4 aromatic rings. The third kappa shape index (κ3) is 6.42. The molecule has 2 amide bonds. The number of carbonyl (C=O) groups is 1. The third-order valence-electron chi connectivity index (χ3n) is 5.06. The molecule has 7 heteroatoms. The molecule has 0 saturated carbocycles. The van der Waals surface area contributed by atoms with Crippen LogP contribution in [0.15, 0.2) is 90.1 Å². The number of carbonyl (C=O) groups excluding carboxylic acids is 1. The van der Waals surface area contributed by atoms with E-state index in [-0.39, 0.29) is 6.03 Å². The van der Waals surface area contributed by atoms with Gasteiger partial charge in [0.2, 0.25) is 0 Å². The van der Waals surface area contributed by atoms with E-state index in [4.69, 9.17) is 9.72 Å². The maximum atomic E-state index is 12.1. The van der Waals surface area contributed by atoms with Crippen LogP contribution in [0, 0.1) is 0 Å². The maximum Gasteiger partial charge on any atom is 0.319 e. The van der Waals surface area contributed by atoms with Gasteiger partial charge in [0.05, 0.1) is 18.0 Å². The highest BCUT2D eigenvalue weighted by Gasteiger charge is 2.14. The third-order valence-corrected chi connectivity index (χ3v) is 6.02. The number of anilines is 1. The van der Waals surface area contributed by atoms with E-state index in [1.165, 1.54) is 0 Å². The fraction of sp³-hybridized carbons (Fsp3) is 0.185. The molecular formula is C27H28N4O2S. The lowest BCUT2D eigenvalue weighted by Gasteiger charge is -2.08. The fourth-order valence-corrected chi connectivity index (χ4v) is 4.27. The predicted molar refractivity (Wildman–Crippen MR) is 139 cm³/mol. The van der Waals surface area contributed by atoms with Gasteiger partial charge >= 0.3 is 6.03 Å². The molecule has 0 fully saturated rings. The van der Waals surface area contributed by atoms with Crippen molar-refractivity contribution in [2.24, 2.45) is 0 Å². The van der Waals surface area contributed by atoms with Crippen molar-refractivity contribution in [2.75, 3.05) is 24.2 Å². The summed E-state index contributed by atoms with van der Waals surface area (Å²) in [4.78, 5) is 20.5. The standard InChI is InChI=1S/C27H28N4O2S/c1-2-33-23-16-14-22(15-17-23)29-26(32)28-18-9-19-34-27-30-24(20-10-5-3-6-11-20)25(31-27)21-12-7-4-8-13-21/h3-8,10-17H,2,9,18-19H2,1H3,(H,30,31)(H2,28,29,32). The predicted octanol–water partition coefficient (Wildman–Crippen LogP) is 6.45. The van der Waals surface area contributed by atoms with Crippen LogP contribution in [0.1, 0.15) is 13.3 Å². The van der Waals surface area contributed by atoms with Gasteiger partial charge in [-0.3, -0.25) is 0 Å². The lowest BCUT2D eigenvalue weighted by molar-refractivity contribution is 0.252. The molecular weight excluding hydrogens is 444 g/mol. The first-order valence-corrected chi connectivity index (χ1v) is 12.3. The van der Waals surface area contributed by atoms with Crippen molar-refractivity contribution >= 4 is 23.5 Å². The smallest absolute Gasteiger partial charge is 0.319 e. The SMILES string of the molecule is CCOc1ccc(NC(=O)NCCCSc2nc(-c3ccccc3)c(-c3ccccc3)[nH]2)cc1. The Morgan fingerprint density at radius 1 is 0.941 bits per heavy atom. The summed E-state index contributed by atoms with van der Waals surface area (Å²) in [5.74, 6) is 1.62. The highest BCUT2D eigenvalue weighted by Crippen LogP contribution is 2.32. The summed E-state index contributed by atoms with van der Waals surface area (Å²) >= 11 is 1.65. The Kier molecular flexibility index (Phi) is 8.24. The van der Waals surface area contributed by atoms with Gasteiger partial charge in [0.25, 0.3) is 0 Å². The second-order valence-electron chi connectivity index (χ2n) is 7.54. The van der Waals surface area contributed by atoms with E-state index in [1.54, 1.807) is 11.8 Å². The number of ether oxygens (including phenoxy) is 1. The van der Waals surface area contributed by atoms with Gasteiger partial charge in [0.1, 0.15) is 5.75 Å². The van der Waals surface area contributed by atoms with E-state index in [9.17, 15) is 4.79 Å². The number of aromatic nitrogens is 2. The molecule has 1 aromatic heterocycles. The lowest BCUT2D eigenvalue weighted by atomic mass is 10.1. The second-order valence-corrected chi connectivity index (χ2v) is 8.62. The molecule has 4 rings (SSSR count). The molecule has 3 N–H and O–H groups in total. The first-order chi connectivity index (χ1) is 16.7. The molecule has 0 bridgehead atoms. The number of benzene rings is 3. The molecule has 6 nitrogen and oxygen atoms in total. The maximum absolute atomic E-state index is 12.1. The number of H-pyrrole nitrogens is 1. The Morgan fingerprint density at radius 2 is 1.62 bits per heavy atom. The molecule has 174 valence electrons. The van der Waals surface area contributed by atoms with Crippen LogP contribution < -0.4 is 15.4 Å². The molecule has 3 aromatic carbocycles. The number of nitrogens with zero attached hydrogens (tertiary/aromatic N) is 1. The van der Waals surface area contributed by atoms with E-state index in [1.807, 2.05) is 67.6 Å². The minimum Gasteiger partial charge on any atom is -0.494 e. The quantitative estimate of drug-likeness (QED) is 0.183. The second kappa shape index (κ2) is 12.0. The summed E-state index contributed by atoms with van der Waals surface area (Å²) < 4.78 is 5.41. The summed E-state index contributed by atoms with van der Waals surface area (Å²) in [5, 5.41) is 6.61. The van der Waals surface area contributed by atoms with Crippen LogP contribution in [-0.2, 0) is 0 Å². The highest BCUT2D eigenvalue weighted by atomic mass is 32.2. The van der Waals surface area contributed by atoms with E-state index < -0.39 is 0 Å². The van der Waals surface area contributed by atoms with Gasteiger partial charge in [-0.1, -0.05) is 72.4 Å².